The van der Waals surface area contributed by atoms with E-state index in [9.17, 15) is 13.2 Å². The molecule has 2 rings (SSSR count). The van der Waals surface area contributed by atoms with Gasteiger partial charge >= 0.3 is 5.97 Å². The van der Waals surface area contributed by atoms with Crippen LogP contribution in [0.25, 0.3) is 0 Å². The Morgan fingerprint density at radius 3 is 2.78 bits per heavy atom. The van der Waals surface area contributed by atoms with Crippen molar-refractivity contribution in [3.05, 3.63) is 0 Å². The van der Waals surface area contributed by atoms with Gasteiger partial charge in [-0.25, -0.2) is 8.42 Å². The summed E-state index contributed by atoms with van der Waals surface area (Å²) in [6, 6.07) is 0.104. The zero-order valence-corrected chi connectivity index (χ0v) is 11.6. The number of hydrogen-bond donors (Lipinski definition) is 0. The average Bonchev–Trinajstić information content (AvgIpc) is 2.70. The minimum Gasteiger partial charge on any atom is -0.466 e. The molecule has 2 heterocycles. The highest BCUT2D eigenvalue weighted by Crippen LogP contribution is 2.25. The summed E-state index contributed by atoms with van der Waals surface area (Å²) >= 11 is 0. The maximum Gasteiger partial charge on any atom is 0.310 e. The van der Waals surface area contributed by atoms with Gasteiger partial charge in [-0.1, -0.05) is 0 Å². The van der Waals surface area contributed by atoms with Crippen LogP contribution in [-0.2, 0) is 19.4 Å². The molecule has 104 valence electrons. The second-order valence-electron chi connectivity index (χ2n) is 5.14. The Hall–Kier alpha value is -0.620. The summed E-state index contributed by atoms with van der Waals surface area (Å²) in [5.41, 5.74) is 0. The molecular formula is C12H21NO4S. The van der Waals surface area contributed by atoms with E-state index in [0.29, 0.717) is 19.6 Å². The number of likely N-dealkylation sites (tertiary alicyclic amines) is 1. The largest absolute Gasteiger partial charge is 0.466 e. The van der Waals surface area contributed by atoms with Crippen molar-refractivity contribution in [1.82, 2.24) is 4.90 Å². The van der Waals surface area contributed by atoms with Crippen LogP contribution in [0, 0.1) is 5.92 Å². The molecule has 2 saturated heterocycles. The first-order chi connectivity index (χ1) is 8.52. The van der Waals surface area contributed by atoms with E-state index >= 15 is 0 Å². The molecule has 0 radical (unpaired) electrons. The van der Waals surface area contributed by atoms with Gasteiger partial charge < -0.3 is 4.74 Å². The van der Waals surface area contributed by atoms with Crippen LogP contribution in [0.1, 0.15) is 26.2 Å². The van der Waals surface area contributed by atoms with Crippen molar-refractivity contribution in [2.24, 2.45) is 5.92 Å². The van der Waals surface area contributed by atoms with Crippen molar-refractivity contribution in [2.45, 2.75) is 32.2 Å². The summed E-state index contributed by atoms with van der Waals surface area (Å²) in [5.74, 6) is 0.325. The predicted octanol–water partition coefficient (Wildman–Crippen LogP) is 0.449. The van der Waals surface area contributed by atoms with Crippen molar-refractivity contribution in [3.8, 4) is 0 Å². The maximum absolute atomic E-state index is 11.7. The Morgan fingerprint density at radius 2 is 2.17 bits per heavy atom. The molecule has 0 N–H and O–H groups in total. The highest BCUT2D eigenvalue weighted by atomic mass is 32.2. The summed E-state index contributed by atoms with van der Waals surface area (Å²) in [7, 11) is -2.85. The van der Waals surface area contributed by atoms with Gasteiger partial charge in [0.1, 0.15) is 0 Å². The minimum absolute atomic E-state index is 0.0815. The smallest absolute Gasteiger partial charge is 0.310 e. The first kappa shape index (κ1) is 13.8. The third-order valence-electron chi connectivity index (χ3n) is 3.80. The lowest BCUT2D eigenvalue weighted by Gasteiger charge is -2.35. The van der Waals surface area contributed by atoms with E-state index in [0.717, 1.165) is 19.4 Å². The van der Waals surface area contributed by atoms with Gasteiger partial charge in [-0.2, -0.15) is 0 Å². The third-order valence-corrected chi connectivity index (χ3v) is 5.55. The fraction of sp³-hybridized carbons (Fsp3) is 0.917. The number of sulfone groups is 1. The van der Waals surface area contributed by atoms with Gasteiger partial charge in [0.2, 0.25) is 0 Å². The van der Waals surface area contributed by atoms with Gasteiger partial charge in [0, 0.05) is 12.6 Å². The monoisotopic (exact) mass is 275 g/mol. The Morgan fingerprint density at radius 1 is 1.39 bits per heavy atom. The van der Waals surface area contributed by atoms with Gasteiger partial charge in [0.25, 0.3) is 0 Å². The number of piperidine rings is 1. The lowest BCUT2D eigenvalue weighted by molar-refractivity contribution is -0.150. The zero-order chi connectivity index (χ0) is 13.2. The summed E-state index contributed by atoms with van der Waals surface area (Å²) in [4.78, 5) is 13.9. The molecule has 0 bridgehead atoms. The maximum atomic E-state index is 11.7. The van der Waals surface area contributed by atoms with Crippen molar-refractivity contribution in [2.75, 3.05) is 31.2 Å². The molecule has 18 heavy (non-hydrogen) atoms. The fourth-order valence-corrected chi connectivity index (χ4v) is 4.62. The van der Waals surface area contributed by atoms with Gasteiger partial charge in [-0.3, -0.25) is 9.69 Å². The van der Waals surface area contributed by atoms with E-state index in [1.54, 1.807) is 0 Å². The van der Waals surface area contributed by atoms with E-state index < -0.39 is 9.84 Å². The Kier molecular flexibility index (Phi) is 4.27. The van der Waals surface area contributed by atoms with Crippen LogP contribution in [0.15, 0.2) is 0 Å². The summed E-state index contributed by atoms with van der Waals surface area (Å²) < 4.78 is 28.0. The summed E-state index contributed by atoms with van der Waals surface area (Å²) in [6.07, 6.45) is 2.51. The molecule has 0 spiro atoms. The van der Waals surface area contributed by atoms with Crippen molar-refractivity contribution in [1.29, 1.82) is 0 Å². The highest BCUT2D eigenvalue weighted by molar-refractivity contribution is 7.91. The molecule has 0 aliphatic carbocycles. The molecular weight excluding hydrogens is 254 g/mol. The van der Waals surface area contributed by atoms with E-state index in [-0.39, 0.29) is 29.4 Å². The number of ether oxygens (including phenoxy) is 1. The van der Waals surface area contributed by atoms with Crippen LogP contribution in [-0.4, -0.2) is 56.5 Å². The number of esters is 1. The number of hydrogen-bond acceptors (Lipinski definition) is 5. The van der Waals surface area contributed by atoms with Crippen molar-refractivity contribution in [3.63, 3.8) is 0 Å². The Bertz CT molecular complexity index is 406. The number of rotatable bonds is 3. The molecule has 2 aliphatic heterocycles. The van der Waals surface area contributed by atoms with Gasteiger partial charge in [0.05, 0.1) is 24.0 Å². The van der Waals surface area contributed by atoms with E-state index in [1.807, 2.05) is 6.92 Å². The number of carbonyl (C=O) groups excluding carboxylic acids is 1. The second kappa shape index (κ2) is 5.57. The normalized spacial score (nSPS) is 32.3. The molecule has 2 atom stereocenters. The third kappa shape index (κ3) is 3.23. The van der Waals surface area contributed by atoms with Gasteiger partial charge in [0.15, 0.2) is 9.84 Å². The van der Waals surface area contributed by atoms with E-state index in [4.69, 9.17) is 4.74 Å². The van der Waals surface area contributed by atoms with Gasteiger partial charge in [-0.15, -0.1) is 0 Å². The van der Waals surface area contributed by atoms with Gasteiger partial charge in [-0.05, 0) is 32.7 Å². The van der Waals surface area contributed by atoms with Crippen LogP contribution in [0.3, 0.4) is 0 Å². The predicted molar refractivity (Wildman–Crippen MR) is 68.0 cm³/mol. The van der Waals surface area contributed by atoms with Crippen molar-refractivity contribution >= 4 is 15.8 Å². The Balaban J connectivity index is 1.93. The lowest BCUT2D eigenvalue weighted by Crippen LogP contribution is -2.45. The topological polar surface area (TPSA) is 63.7 Å². The molecule has 1 unspecified atom stereocenters. The van der Waals surface area contributed by atoms with Crippen LogP contribution < -0.4 is 0 Å². The highest BCUT2D eigenvalue weighted by Gasteiger charge is 2.36. The van der Waals surface area contributed by atoms with Crippen LogP contribution in [0.5, 0.6) is 0 Å². The molecule has 0 amide bonds. The van der Waals surface area contributed by atoms with Crippen LogP contribution >= 0.6 is 0 Å². The molecule has 0 aromatic rings. The molecule has 0 aromatic heterocycles. The molecule has 2 fully saturated rings. The first-order valence-electron chi connectivity index (χ1n) is 6.63. The summed E-state index contributed by atoms with van der Waals surface area (Å²) in [5, 5.41) is 0. The number of nitrogens with zero attached hydrogens (tertiary/aromatic N) is 1. The molecule has 6 heteroatoms. The fourth-order valence-electron chi connectivity index (χ4n) is 2.85. The minimum atomic E-state index is -2.85. The van der Waals surface area contributed by atoms with E-state index in [1.165, 1.54) is 0 Å². The first-order valence-corrected chi connectivity index (χ1v) is 8.45. The SMILES string of the molecule is CCOC(=O)[C@H]1CCCN(C2CCS(=O)(=O)C2)C1. The van der Waals surface area contributed by atoms with Crippen LogP contribution in [0.2, 0.25) is 0 Å². The Labute approximate surface area is 108 Å². The average molecular weight is 275 g/mol. The zero-order valence-electron chi connectivity index (χ0n) is 10.8. The quantitative estimate of drug-likeness (QED) is 0.700. The molecule has 2 aliphatic rings. The standard InChI is InChI=1S/C12H21NO4S/c1-2-17-12(14)10-4-3-6-13(8-10)11-5-7-18(15,16)9-11/h10-11H,2-9H2,1H3/t10-,11?/m0/s1. The molecule has 0 saturated carbocycles. The number of carbonyl (C=O) groups is 1. The molecule has 0 aromatic carbocycles. The summed E-state index contributed by atoms with van der Waals surface area (Å²) in [6.45, 7) is 3.77. The molecule has 5 nitrogen and oxygen atoms in total. The van der Waals surface area contributed by atoms with E-state index in [2.05, 4.69) is 4.90 Å². The van der Waals surface area contributed by atoms with Crippen molar-refractivity contribution < 1.29 is 17.9 Å². The lowest BCUT2D eigenvalue weighted by atomic mass is 9.96. The van der Waals surface area contributed by atoms with Crippen LogP contribution in [0.4, 0.5) is 0 Å². The second-order valence-corrected chi connectivity index (χ2v) is 7.37.